The van der Waals surface area contributed by atoms with Gasteiger partial charge in [0.15, 0.2) is 11.5 Å². The molecule has 0 bridgehead atoms. The highest BCUT2D eigenvalue weighted by molar-refractivity contribution is 5.85. The van der Waals surface area contributed by atoms with Crippen molar-refractivity contribution in [2.75, 3.05) is 26.8 Å². The Morgan fingerprint density at radius 3 is 2.70 bits per heavy atom. The van der Waals surface area contributed by atoms with Gasteiger partial charge in [-0.25, -0.2) is 0 Å². The zero-order chi connectivity index (χ0) is 13.7. The highest BCUT2D eigenvalue weighted by Crippen LogP contribution is 2.27. The fourth-order valence-electron chi connectivity index (χ4n) is 1.90. The molecule has 1 amide bonds. The van der Waals surface area contributed by atoms with Crippen LogP contribution in [-0.4, -0.2) is 32.7 Å². The summed E-state index contributed by atoms with van der Waals surface area (Å²) < 4.78 is 10.7. The van der Waals surface area contributed by atoms with E-state index in [2.05, 4.69) is 10.6 Å². The topological polar surface area (TPSA) is 59.6 Å². The normalized spacial score (nSPS) is 13.9. The molecule has 2 rings (SSSR count). The van der Waals surface area contributed by atoms with Gasteiger partial charge in [-0.1, -0.05) is 6.07 Å². The first-order valence-corrected chi connectivity index (χ1v) is 6.52. The second kappa shape index (κ2) is 7.97. The van der Waals surface area contributed by atoms with Gasteiger partial charge in [-0.2, -0.15) is 0 Å². The summed E-state index contributed by atoms with van der Waals surface area (Å²) >= 11 is 0. The summed E-state index contributed by atoms with van der Waals surface area (Å²) in [5.41, 5.74) is 1.00. The summed E-state index contributed by atoms with van der Waals surface area (Å²) in [6.45, 7) is 4.59. The molecule has 0 saturated carbocycles. The molecule has 1 aromatic rings. The molecule has 6 heteroatoms. The first kappa shape index (κ1) is 16.6. The maximum Gasteiger partial charge on any atom is 0.225 e. The highest BCUT2D eigenvalue weighted by Gasteiger charge is 2.24. The third-order valence-corrected chi connectivity index (χ3v) is 3.15. The van der Waals surface area contributed by atoms with E-state index in [1.54, 1.807) is 7.11 Å². The Bertz CT molecular complexity index is 450. The minimum Gasteiger partial charge on any atom is -0.493 e. The van der Waals surface area contributed by atoms with Crippen LogP contribution in [0.4, 0.5) is 0 Å². The van der Waals surface area contributed by atoms with Crippen LogP contribution in [0, 0.1) is 5.92 Å². The SMILES string of the molecule is CCOc1ccc(CNC(=O)C2CNC2)cc1OC.Cl. The summed E-state index contributed by atoms with van der Waals surface area (Å²) in [6, 6.07) is 5.70. The van der Waals surface area contributed by atoms with E-state index in [4.69, 9.17) is 9.47 Å². The predicted molar refractivity (Wildman–Crippen MR) is 79.6 cm³/mol. The number of rotatable bonds is 6. The molecule has 112 valence electrons. The van der Waals surface area contributed by atoms with Crippen LogP contribution in [0.2, 0.25) is 0 Å². The van der Waals surface area contributed by atoms with Crippen molar-refractivity contribution in [1.29, 1.82) is 0 Å². The van der Waals surface area contributed by atoms with Crippen LogP contribution in [0.5, 0.6) is 11.5 Å². The van der Waals surface area contributed by atoms with Gasteiger partial charge in [-0.3, -0.25) is 4.79 Å². The number of ether oxygens (including phenoxy) is 2. The Balaban J connectivity index is 0.00000200. The lowest BCUT2D eigenvalue weighted by molar-refractivity contribution is -0.126. The Morgan fingerprint density at radius 2 is 2.15 bits per heavy atom. The summed E-state index contributed by atoms with van der Waals surface area (Å²) in [4.78, 5) is 11.7. The van der Waals surface area contributed by atoms with Gasteiger partial charge in [0.05, 0.1) is 19.6 Å². The third-order valence-electron chi connectivity index (χ3n) is 3.15. The number of methoxy groups -OCH3 is 1. The van der Waals surface area contributed by atoms with E-state index in [1.165, 1.54) is 0 Å². The third kappa shape index (κ3) is 4.02. The second-order valence-electron chi connectivity index (χ2n) is 4.49. The van der Waals surface area contributed by atoms with Crippen LogP contribution in [0.15, 0.2) is 18.2 Å². The maximum atomic E-state index is 11.7. The van der Waals surface area contributed by atoms with Crippen molar-refractivity contribution >= 4 is 18.3 Å². The Morgan fingerprint density at radius 1 is 1.40 bits per heavy atom. The largest absolute Gasteiger partial charge is 0.493 e. The summed E-state index contributed by atoms with van der Waals surface area (Å²) in [7, 11) is 1.61. The molecule has 5 nitrogen and oxygen atoms in total. The molecule has 2 N–H and O–H groups in total. The molecule has 0 unspecified atom stereocenters. The number of halogens is 1. The zero-order valence-corrected chi connectivity index (χ0v) is 12.6. The van der Waals surface area contributed by atoms with Gasteiger partial charge in [0.2, 0.25) is 5.91 Å². The van der Waals surface area contributed by atoms with Crippen LogP contribution in [0.1, 0.15) is 12.5 Å². The molecule has 0 atom stereocenters. The summed E-state index contributed by atoms with van der Waals surface area (Å²) in [5, 5.41) is 6.01. The molecule has 0 aromatic heterocycles. The van der Waals surface area contributed by atoms with Crippen molar-refractivity contribution in [3.63, 3.8) is 0 Å². The lowest BCUT2D eigenvalue weighted by atomic mass is 10.0. The van der Waals surface area contributed by atoms with Crippen molar-refractivity contribution in [1.82, 2.24) is 10.6 Å². The summed E-state index contributed by atoms with van der Waals surface area (Å²) in [5.74, 6) is 1.64. The minimum absolute atomic E-state index is 0. The number of benzene rings is 1. The van der Waals surface area contributed by atoms with E-state index >= 15 is 0 Å². The molecular formula is C14H21ClN2O3. The van der Waals surface area contributed by atoms with Gasteiger partial charge in [-0.15, -0.1) is 12.4 Å². The average Bonchev–Trinajstić information content (AvgIpc) is 2.35. The maximum absolute atomic E-state index is 11.7. The van der Waals surface area contributed by atoms with Gasteiger partial charge in [-0.05, 0) is 24.6 Å². The van der Waals surface area contributed by atoms with Crippen LogP contribution >= 0.6 is 12.4 Å². The van der Waals surface area contributed by atoms with Crippen molar-refractivity contribution in [3.8, 4) is 11.5 Å². The van der Waals surface area contributed by atoms with Gasteiger partial charge < -0.3 is 20.1 Å². The molecule has 0 aliphatic carbocycles. The molecule has 0 radical (unpaired) electrons. The Kier molecular flexibility index (Phi) is 6.61. The molecule has 1 heterocycles. The van der Waals surface area contributed by atoms with E-state index in [0.717, 1.165) is 24.4 Å². The number of nitrogens with one attached hydrogen (secondary N) is 2. The summed E-state index contributed by atoms with van der Waals surface area (Å²) in [6.07, 6.45) is 0. The van der Waals surface area contributed by atoms with Gasteiger partial charge >= 0.3 is 0 Å². The van der Waals surface area contributed by atoms with Crippen LogP contribution in [-0.2, 0) is 11.3 Å². The van der Waals surface area contributed by atoms with E-state index in [-0.39, 0.29) is 24.2 Å². The Labute approximate surface area is 125 Å². The predicted octanol–water partition coefficient (Wildman–Crippen LogP) is 1.35. The van der Waals surface area contributed by atoms with Crippen molar-refractivity contribution in [2.45, 2.75) is 13.5 Å². The van der Waals surface area contributed by atoms with Gasteiger partial charge in [0.25, 0.3) is 0 Å². The van der Waals surface area contributed by atoms with Gasteiger partial charge in [0.1, 0.15) is 0 Å². The quantitative estimate of drug-likeness (QED) is 0.833. The second-order valence-corrected chi connectivity index (χ2v) is 4.49. The van der Waals surface area contributed by atoms with Crippen LogP contribution in [0.3, 0.4) is 0 Å². The van der Waals surface area contributed by atoms with Gasteiger partial charge in [0, 0.05) is 19.6 Å². The fourth-order valence-corrected chi connectivity index (χ4v) is 1.90. The molecule has 0 spiro atoms. The first-order valence-electron chi connectivity index (χ1n) is 6.52. The number of carbonyl (C=O) groups excluding carboxylic acids is 1. The highest BCUT2D eigenvalue weighted by atomic mass is 35.5. The number of hydrogen-bond acceptors (Lipinski definition) is 4. The average molecular weight is 301 g/mol. The van der Waals surface area contributed by atoms with E-state index in [1.807, 2.05) is 25.1 Å². The fraction of sp³-hybridized carbons (Fsp3) is 0.500. The molecule has 1 aromatic carbocycles. The molecule has 1 aliphatic rings. The van der Waals surface area contributed by atoms with Crippen molar-refractivity contribution < 1.29 is 14.3 Å². The van der Waals surface area contributed by atoms with E-state index < -0.39 is 0 Å². The minimum atomic E-state index is 0. The first-order chi connectivity index (χ1) is 9.24. The smallest absolute Gasteiger partial charge is 0.225 e. The number of hydrogen-bond donors (Lipinski definition) is 2. The zero-order valence-electron chi connectivity index (χ0n) is 11.8. The van der Waals surface area contributed by atoms with Crippen LogP contribution in [0.25, 0.3) is 0 Å². The van der Waals surface area contributed by atoms with E-state index in [9.17, 15) is 4.79 Å². The Hall–Kier alpha value is -1.46. The standard InChI is InChI=1S/C14H20N2O3.ClH/c1-3-19-12-5-4-10(6-13(12)18-2)7-16-14(17)11-8-15-9-11;/h4-6,11,15H,3,7-9H2,1-2H3,(H,16,17);1H. The van der Waals surface area contributed by atoms with Crippen molar-refractivity contribution in [2.24, 2.45) is 5.92 Å². The number of amides is 1. The van der Waals surface area contributed by atoms with Crippen LogP contribution < -0.4 is 20.1 Å². The number of carbonyl (C=O) groups is 1. The molecule has 1 fully saturated rings. The lowest BCUT2D eigenvalue weighted by Gasteiger charge is -2.25. The van der Waals surface area contributed by atoms with E-state index in [0.29, 0.717) is 18.9 Å². The van der Waals surface area contributed by atoms with Crippen molar-refractivity contribution in [3.05, 3.63) is 23.8 Å². The lowest BCUT2D eigenvalue weighted by Crippen LogP contribution is -2.50. The molecular weight excluding hydrogens is 280 g/mol. The molecule has 1 aliphatic heterocycles. The molecule has 1 saturated heterocycles. The molecule has 20 heavy (non-hydrogen) atoms. The monoisotopic (exact) mass is 300 g/mol.